The first-order chi connectivity index (χ1) is 17.1. The quantitative estimate of drug-likeness (QED) is 0.316. The number of thioether (sulfide) groups is 1. The highest BCUT2D eigenvalue weighted by atomic mass is 32.2. The smallest absolute Gasteiger partial charge is 0.325 e. The summed E-state index contributed by atoms with van der Waals surface area (Å²) < 4.78 is 16.8. The number of benzene rings is 3. The number of rotatable bonds is 8. The van der Waals surface area contributed by atoms with E-state index in [1.165, 1.54) is 11.8 Å². The topological polar surface area (TPSA) is 98.8 Å². The van der Waals surface area contributed by atoms with Crippen molar-refractivity contribution >= 4 is 40.3 Å². The fourth-order valence-corrected chi connectivity index (χ4v) is 3.98. The zero-order valence-electron chi connectivity index (χ0n) is 19.1. The number of nitrogens with one attached hydrogen (secondary N) is 2. The number of pyridine rings is 1. The number of aromatic nitrogens is 1. The van der Waals surface area contributed by atoms with E-state index in [4.69, 9.17) is 14.2 Å². The van der Waals surface area contributed by atoms with Crippen LogP contribution in [0.3, 0.4) is 0 Å². The molecular formula is C26H23N3O5S. The van der Waals surface area contributed by atoms with Crippen LogP contribution in [0.5, 0.6) is 23.0 Å². The second-order valence-corrected chi connectivity index (χ2v) is 8.31. The molecule has 0 atom stereocenters. The van der Waals surface area contributed by atoms with Crippen LogP contribution in [0.1, 0.15) is 0 Å². The van der Waals surface area contributed by atoms with Crippen molar-refractivity contribution in [3.8, 4) is 23.0 Å². The van der Waals surface area contributed by atoms with Gasteiger partial charge in [-0.1, -0.05) is 18.2 Å². The van der Waals surface area contributed by atoms with Crippen molar-refractivity contribution < 1.29 is 23.8 Å². The van der Waals surface area contributed by atoms with Crippen LogP contribution in [-0.2, 0) is 4.79 Å². The van der Waals surface area contributed by atoms with Gasteiger partial charge in [0.1, 0.15) is 11.5 Å². The summed E-state index contributed by atoms with van der Waals surface area (Å²) >= 11 is 1.36. The first-order valence-electron chi connectivity index (χ1n) is 10.6. The molecule has 178 valence electrons. The van der Waals surface area contributed by atoms with Gasteiger partial charge in [0.05, 0.1) is 25.5 Å². The number of imide groups is 1. The van der Waals surface area contributed by atoms with Crippen molar-refractivity contribution in [2.24, 2.45) is 0 Å². The minimum atomic E-state index is -0.599. The fraction of sp³-hybridized carbons (Fsp3) is 0.115. The lowest BCUT2D eigenvalue weighted by Gasteiger charge is -2.13. The maximum absolute atomic E-state index is 12.2. The maximum Gasteiger partial charge on any atom is 0.325 e. The lowest BCUT2D eigenvalue weighted by atomic mass is 10.2. The van der Waals surface area contributed by atoms with Gasteiger partial charge in [-0.25, -0.2) is 4.79 Å². The molecule has 2 N–H and O–H groups in total. The predicted molar refractivity (Wildman–Crippen MR) is 136 cm³/mol. The predicted octanol–water partition coefficient (Wildman–Crippen LogP) is 5.48. The molecule has 1 aromatic heterocycles. The molecule has 3 aromatic carbocycles. The van der Waals surface area contributed by atoms with Gasteiger partial charge in [-0.3, -0.25) is 15.1 Å². The Balaban J connectivity index is 1.36. The summed E-state index contributed by atoms with van der Waals surface area (Å²) in [4.78, 5) is 29.5. The Morgan fingerprint density at radius 2 is 1.60 bits per heavy atom. The third-order valence-corrected chi connectivity index (χ3v) is 5.92. The molecule has 9 heteroatoms. The number of carbonyl (C=O) groups is 2. The SMILES string of the molecule is COc1cc2nccc(Oc3ccc(NC(=O)NC(=O)CSc4ccccc4)cc3)c2cc1OC. The number of amides is 3. The summed E-state index contributed by atoms with van der Waals surface area (Å²) in [5, 5.41) is 5.73. The number of hydrogen-bond donors (Lipinski definition) is 2. The molecule has 0 unspecified atom stereocenters. The van der Waals surface area contributed by atoms with E-state index in [1.54, 1.807) is 56.8 Å². The molecule has 35 heavy (non-hydrogen) atoms. The number of anilines is 1. The normalized spacial score (nSPS) is 10.5. The molecule has 0 aliphatic heterocycles. The van der Waals surface area contributed by atoms with Gasteiger partial charge >= 0.3 is 6.03 Å². The molecule has 0 fully saturated rings. The number of ether oxygens (including phenoxy) is 3. The first-order valence-corrected chi connectivity index (χ1v) is 11.6. The Kier molecular flexibility index (Phi) is 7.69. The number of nitrogens with zero attached hydrogens (tertiary/aromatic N) is 1. The van der Waals surface area contributed by atoms with Crippen molar-refractivity contribution in [2.75, 3.05) is 25.3 Å². The fourth-order valence-electron chi connectivity index (χ4n) is 3.26. The van der Waals surface area contributed by atoms with Crippen LogP contribution < -0.4 is 24.8 Å². The minimum Gasteiger partial charge on any atom is -0.493 e. The maximum atomic E-state index is 12.2. The Morgan fingerprint density at radius 1 is 0.886 bits per heavy atom. The molecule has 0 aliphatic rings. The summed E-state index contributed by atoms with van der Waals surface area (Å²) in [6, 6.07) is 21.1. The largest absolute Gasteiger partial charge is 0.493 e. The van der Waals surface area contributed by atoms with Gasteiger partial charge in [-0.05, 0) is 48.5 Å². The molecule has 0 saturated carbocycles. The van der Waals surface area contributed by atoms with E-state index in [1.807, 2.05) is 36.4 Å². The molecule has 4 aromatic rings. The summed E-state index contributed by atoms with van der Waals surface area (Å²) in [6.45, 7) is 0. The third-order valence-electron chi connectivity index (χ3n) is 4.91. The van der Waals surface area contributed by atoms with E-state index < -0.39 is 6.03 Å². The molecule has 0 saturated heterocycles. The number of urea groups is 1. The van der Waals surface area contributed by atoms with Crippen molar-refractivity contribution in [3.05, 3.63) is 79.0 Å². The molecule has 3 amide bonds. The van der Waals surface area contributed by atoms with E-state index in [0.29, 0.717) is 34.2 Å². The van der Waals surface area contributed by atoms with Crippen molar-refractivity contribution in [1.82, 2.24) is 10.3 Å². The van der Waals surface area contributed by atoms with Gasteiger partial charge in [0, 0.05) is 28.2 Å². The number of methoxy groups -OCH3 is 2. The van der Waals surface area contributed by atoms with Gasteiger partial charge in [0.25, 0.3) is 0 Å². The Morgan fingerprint density at radius 3 is 2.31 bits per heavy atom. The summed E-state index contributed by atoms with van der Waals surface area (Å²) in [5.41, 5.74) is 1.22. The van der Waals surface area contributed by atoms with Crippen LogP contribution in [-0.4, -0.2) is 36.9 Å². The van der Waals surface area contributed by atoms with Crippen LogP contribution in [0, 0.1) is 0 Å². The number of hydrogen-bond acceptors (Lipinski definition) is 7. The first kappa shape index (κ1) is 23.9. The van der Waals surface area contributed by atoms with Crippen LogP contribution in [0.2, 0.25) is 0 Å². The van der Waals surface area contributed by atoms with E-state index >= 15 is 0 Å². The van der Waals surface area contributed by atoms with Crippen LogP contribution in [0.15, 0.2) is 83.9 Å². The van der Waals surface area contributed by atoms with Crippen LogP contribution in [0.4, 0.5) is 10.5 Å². The van der Waals surface area contributed by atoms with E-state index in [2.05, 4.69) is 15.6 Å². The number of carbonyl (C=O) groups excluding carboxylic acids is 2. The van der Waals surface area contributed by atoms with Crippen molar-refractivity contribution in [3.63, 3.8) is 0 Å². The van der Waals surface area contributed by atoms with Crippen LogP contribution in [0.25, 0.3) is 10.9 Å². The molecule has 8 nitrogen and oxygen atoms in total. The zero-order valence-corrected chi connectivity index (χ0v) is 19.9. The molecule has 1 heterocycles. The highest BCUT2D eigenvalue weighted by Gasteiger charge is 2.12. The van der Waals surface area contributed by atoms with Gasteiger partial charge in [-0.15, -0.1) is 11.8 Å². The second kappa shape index (κ2) is 11.3. The van der Waals surface area contributed by atoms with Gasteiger partial charge in [-0.2, -0.15) is 0 Å². The molecular weight excluding hydrogens is 466 g/mol. The van der Waals surface area contributed by atoms with Crippen molar-refractivity contribution in [2.45, 2.75) is 4.90 Å². The van der Waals surface area contributed by atoms with Gasteiger partial charge < -0.3 is 19.5 Å². The highest BCUT2D eigenvalue weighted by molar-refractivity contribution is 8.00. The minimum absolute atomic E-state index is 0.140. The molecule has 4 rings (SSSR count). The molecule has 0 spiro atoms. The molecule has 0 radical (unpaired) electrons. The molecule has 0 aliphatic carbocycles. The lowest BCUT2D eigenvalue weighted by molar-refractivity contribution is -0.117. The van der Waals surface area contributed by atoms with Gasteiger partial charge in [0.2, 0.25) is 5.91 Å². The summed E-state index contributed by atoms with van der Waals surface area (Å²) in [7, 11) is 3.14. The average molecular weight is 490 g/mol. The second-order valence-electron chi connectivity index (χ2n) is 7.26. The Bertz CT molecular complexity index is 1330. The Hall–Kier alpha value is -4.24. The zero-order chi connectivity index (χ0) is 24.6. The summed E-state index contributed by atoms with van der Waals surface area (Å²) in [6.07, 6.45) is 1.65. The average Bonchev–Trinajstić information content (AvgIpc) is 2.88. The standard InChI is InChI=1S/C26H23N3O5S/c1-32-23-14-20-21(15-24(23)33-2)27-13-12-22(20)34-18-10-8-17(9-11-18)28-26(31)29-25(30)16-35-19-6-4-3-5-7-19/h3-15H,16H2,1-2H3,(H2,28,29,30,31). The third kappa shape index (κ3) is 6.21. The van der Waals surface area contributed by atoms with E-state index in [-0.39, 0.29) is 11.7 Å². The van der Waals surface area contributed by atoms with Crippen LogP contribution >= 0.6 is 11.8 Å². The highest BCUT2D eigenvalue weighted by Crippen LogP contribution is 2.37. The van der Waals surface area contributed by atoms with E-state index in [0.717, 1.165) is 10.3 Å². The van der Waals surface area contributed by atoms with Gasteiger partial charge in [0.15, 0.2) is 11.5 Å². The monoisotopic (exact) mass is 489 g/mol. The summed E-state index contributed by atoms with van der Waals surface area (Å²) in [5.74, 6) is 2.06. The lowest BCUT2D eigenvalue weighted by Crippen LogP contribution is -2.35. The number of fused-ring (bicyclic) bond motifs is 1. The molecule has 0 bridgehead atoms. The van der Waals surface area contributed by atoms with E-state index in [9.17, 15) is 9.59 Å². The Labute approximate surface area is 206 Å². The van der Waals surface area contributed by atoms with Crippen molar-refractivity contribution in [1.29, 1.82) is 0 Å².